The van der Waals surface area contributed by atoms with Crippen LogP contribution in [0.4, 0.5) is 4.79 Å². The first-order valence-electron chi connectivity index (χ1n) is 8.76. The van der Waals surface area contributed by atoms with Crippen molar-refractivity contribution in [3.05, 3.63) is 0 Å². The highest BCUT2D eigenvalue weighted by atomic mass is 16.2. The molecule has 23 heavy (non-hydrogen) atoms. The van der Waals surface area contributed by atoms with E-state index in [0.717, 1.165) is 30.6 Å². The van der Waals surface area contributed by atoms with E-state index in [1.165, 1.54) is 6.42 Å². The summed E-state index contributed by atoms with van der Waals surface area (Å²) >= 11 is 0. The van der Waals surface area contributed by atoms with Crippen molar-refractivity contribution in [3.8, 4) is 0 Å². The summed E-state index contributed by atoms with van der Waals surface area (Å²) in [7, 11) is 0. The molecule has 0 aromatic heterocycles. The van der Waals surface area contributed by atoms with Gasteiger partial charge in [-0.3, -0.25) is 14.5 Å². The number of imide groups is 1. The zero-order valence-corrected chi connectivity index (χ0v) is 14.2. The molecule has 0 spiro atoms. The van der Waals surface area contributed by atoms with Crippen molar-refractivity contribution >= 4 is 17.8 Å². The van der Waals surface area contributed by atoms with E-state index < -0.39 is 11.6 Å². The lowest BCUT2D eigenvalue weighted by atomic mass is 9.78. The van der Waals surface area contributed by atoms with Crippen molar-refractivity contribution in [1.29, 1.82) is 0 Å². The van der Waals surface area contributed by atoms with Crippen LogP contribution in [0.3, 0.4) is 0 Å². The lowest BCUT2D eigenvalue weighted by Gasteiger charge is -2.34. The molecule has 1 heterocycles. The van der Waals surface area contributed by atoms with Gasteiger partial charge in [-0.15, -0.1) is 0 Å². The molecule has 0 aromatic carbocycles. The molecule has 3 aliphatic rings. The van der Waals surface area contributed by atoms with Gasteiger partial charge >= 0.3 is 6.03 Å². The Kier molecular flexibility index (Phi) is 4.10. The molecule has 6 heteroatoms. The van der Waals surface area contributed by atoms with Crippen LogP contribution >= 0.6 is 0 Å². The van der Waals surface area contributed by atoms with Gasteiger partial charge in [0.15, 0.2) is 0 Å². The zero-order chi connectivity index (χ0) is 16.8. The number of carbonyl (C=O) groups is 3. The third kappa shape index (κ3) is 2.95. The van der Waals surface area contributed by atoms with Crippen LogP contribution in [0.2, 0.25) is 0 Å². The maximum Gasteiger partial charge on any atom is 0.325 e. The summed E-state index contributed by atoms with van der Waals surface area (Å²) in [5.41, 5.74) is -0.815. The highest BCUT2D eigenvalue weighted by Crippen LogP contribution is 2.42. The fourth-order valence-electron chi connectivity index (χ4n) is 3.98. The molecule has 1 saturated heterocycles. The SMILES string of the molecule is C[C@@H]1[C@H](C)CCC[C@@H]1NC(=O)CN1C(=O)N[C@](C)(C2CC2)C1=O. The molecular weight excluding hydrogens is 294 g/mol. The van der Waals surface area contributed by atoms with Crippen molar-refractivity contribution in [1.82, 2.24) is 15.5 Å². The highest BCUT2D eigenvalue weighted by Gasteiger charge is 2.56. The van der Waals surface area contributed by atoms with Crippen LogP contribution in [0, 0.1) is 17.8 Å². The van der Waals surface area contributed by atoms with Crippen molar-refractivity contribution < 1.29 is 14.4 Å². The van der Waals surface area contributed by atoms with Crippen LogP contribution in [-0.4, -0.2) is 40.9 Å². The average Bonchev–Trinajstić information content (AvgIpc) is 3.30. The lowest BCUT2D eigenvalue weighted by molar-refractivity contribution is -0.135. The van der Waals surface area contributed by atoms with E-state index in [4.69, 9.17) is 0 Å². The molecule has 4 amide bonds. The molecule has 128 valence electrons. The molecule has 0 aromatic rings. The minimum Gasteiger partial charge on any atom is -0.352 e. The molecule has 2 aliphatic carbocycles. The topological polar surface area (TPSA) is 78.5 Å². The van der Waals surface area contributed by atoms with Gasteiger partial charge in [-0.05, 0) is 43.9 Å². The largest absolute Gasteiger partial charge is 0.352 e. The molecule has 2 saturated carbocycles. The van der Waals surface area contributed by atoms with E-state index in [0.29, 0.717) is 11.8 Å². The first-order valence-corrected chi connectivity index (χ1v) is 8.76. The van der Waals surface area contributed by atoms with Crippen LogP contribution in [-0.2, 0) is 9.59 Å². The summed E-state index contributed by atoms with van der Waals surface area (Å²) in [4.78, 5) is 38.0. The van der Waals surface area contributed by atoms with E-state index in [2.05, 4.69) is 24.5 Å². The van der Waals surface area contributed by atoms with Crippen LogP contribution in [0.1, 0.15) is 52.9 Å². The van der Waals surface area contributed by atoms with Crippen LogP contribution in [0.15, 0.2) is 0 Å². The van der Waals surface area contributed by atoms with Crippen LogP contribution < -0.4 is 10.6 Å². The maximum atomic E-state index is 12.5. The number of hydrogen-bond acceptors (Lipinski definition) is 3. The van der Waals surface area contributed by atoms with E-state index in [9.17, 15) is 14.4 Å². The summed E-state index contributed by atoms with van der Waals surface area (Å²) in [6.45, 7) is 5.96. The van der Waals surface area contributed by atoms with Gasteiger partial charge in [0, 0.05) is 6.04 Å². The Morgan fingerprint density at radius 3 is 2.61 bits per heavy atom. The van der Waals surface area contributed by atoms with E-state index >= 15 is 0 Å². The average molecular weight is 321 g/mol. The number of hydrogen-bond donors (Lipinski definition) is 2. The lowest BCUT2D eigenvalue weighted by Crippen LogP contribution is -2.49. The molecule has 1 aliphatic heterocycles. The predicted octanol–water partition coefficient (Wildman–Crippen LogP) is 1.65. The molecule has 4 atom stereocenters. The van der Waals surface area contributed by atoms with Gasteiger partial charge in [0.1, 0.15) is 12.1 Å². The Hall–Kier alpha value is -1.59. The predicted molar refractivity (Wildman–Crippen MR) is 85.5 cm³/mol. The number of rotatable bonds is 4. The van der Waals surface area contributed by atoms with Crippen LogP contribution in [0.25, 0.3) is 0 Å². The summed E-state index contributed by atoms with van der Waals surface area (Å²) in [6, 6.07) is -0.300. The normalized spacial score (nSPS) is 37.7. The molecule has 3 fully saturated rings. The summed E-state index contributed by atoms with van der Waals surface area (Å²) in [5, 5.41) is 5.80. The van der Waals surface area contributed by atoms with Gasteiger partial charge in [0.25, 0.3) is 5.91 Å². The molecule has 0 unspecified atom stereocenters. The van der Waals surface area contributed by atoms with Crippen molar-refractivity contribution in [2.24, 2.45) is 17.8 Å². The van der Waals surface area contributed by atoms with Gasteiger partial charge < -0.3 is 10.6 Å². The quantitative estimate of drug-likeness (QED) is 0.773. The van der Waals surface area contributed by atoms with Crippen LogP contribution in [0.5, 0.6) is 0 Å². The summed E-state index contributed by atoms with van der Waals surface area (Å²) < 4.78 is 0. The zero-order valence-electron chi connectivity index (χ0n) is 14.2. The highest BCUT2D eigenvalue weighted by molar-refractivity contribution is 6.09. The minimum absolute atomic E-state index is 0.141. The van der Waals surface area contributed by atoms with Gasteiger partial charge in [0.2, 0.25) is 5.91 Å². The first-order chi connectivity index (χ1) is 10.8. The number of urea groups is 1. The second-order valence-corrected chi connectivity index (χ2v) is 7.74. The molecule has 2 N–H and O–H groups in total. The molecule has 3 rings (SSSR count). The maximum absolute atomic E-state index is 12.5. The van der Waals surface area contributed by atoms with Gasteiger partial charge in [-0.25, -0.2) is 4.79 Å². The summed E-state index contributed by atoms with van der Waals surface area (Å²) in [5.74, 6) is 0.729. The third-order valence-electron chi connectivity index (χ3n) is 6.05. The van der Waals surface area contributed by atoms with Crippen molar-refractivity contribution in [3.63, 3.8) is 0 Å². The van der Waals surface area contributed by atoms with Gasteiger partial charge in [-0.2, -0.15) is 0 Å². The molecule has 0 radical (unpaired) electrons. The van der Waals surface area contributed by atoms with E-state index in [1.54, 1.807) is 6.92 Å². The van der Waals surface area contributed by atoms with Gasteiger partial charge in [-0.1, -0.05) is 26.7 Å². The minimum atomic E-state index is -0.815. The Morgan fingerprint density at radius 1 is 1.26 bits per heavy atom. The van der Waals surface area contributed by atoms with Gasteiger partial charge in [0.05, 0.1) is 0 Å². The fourth-order valence-corrected chi connectivity index (χ4v) is 3.98. The first kappa shape index (κ1) is 16.3. The van der Waals surface area contributed by atoms with E-state index in [-0.39, 0.29) is 30.3 Å². The molecule has 6 nitrogen and oxygen atoms in total. The number of nitrogens with one attached hydrogen (secondary N) is 2. The monoisotopic (exact) mass is 321 g/mol. The number of carbonyl (C=O) groups excluding carboxylic acids is 3. The molecule has 0 bridgehead atoms. The smallest absolute Gasteiger partial charge is 0.325 e. The van der Waals surface area contributed by atoms with E-state index in [1.807, 2.05) is 0 Å². The Balaban J connectivity index is 1.59. The Morgan fingerprint density at radius 2 is 1.96 bits per heavy atom. The standard InChI is InChI=1S/C17H27N3O3/c1-10-5-4-6-13(11(10)2)18-14(21)9-20-15(22)17(3,12-7-8-12)19-16(20)23/h10-13H,4-9H2,1-3H3,(H,18,21)(H,19,23)/t10-,11-,13+,17-/m1/s1. The van der Waals surface area contributed by atoms with Crippen molar-refractivity contribution in [2.75, 3.05) is 6.54 Å². The number of nitrogens with zero attached hydrogens (tertiary/aromatic N) is 1. The Bertz CT molecular complexity index is 531. The summed E-state index contributed by atoms with van der Waals surface area (Å²) in [6.07, 6.45) is 5.19. The Labute approximate surface area is 137 Å². The second kappa shape index (κ2) is 5.80. The second-order valence-electron chi connectivity index (χ2n) is 7.74. The third-order valence-corrected chi connectivity index (χ3v) is 6.05. The fraction of sp³-hybridized carbons (Fsp3) is 0.824. The number of amides is 4. The van der Waals surface area contributed by atoms with Crippen molar-refractivity contribution in [2.45, 2.75) is 64.5 Å². The molecular formula is C17H27N3O3.